The van der Waals surface area contributed by atoms with Gasteiger partial charge in [-0.1, -0.05) is 25.5 Å². The molecular formula is C16H24N4. The lowest BCUT2D eigenvalue weighted by Gasteiger charge is -2.11. The number of aromatic nitrogens is 3. The van der Waals surface area contributed by atoms with Crippen molar-refractivity contribution in [2.45, 2.75) is 52.6 Å². The Kier molecular flexibility index (Phi) is 5.16. The van der Waals surface area contributed by atoms with Gasteiger partial charge < -0.3 is 5.32 Å². The van der Waals surface area contributed by atoms with E-state index in [4.69, 9.17) is 0 Å². The molecule has 20 heavy (non-hydrogen) atoms. The maximum Gasteiger partial charge on any atom is 0.146 e. The second kappa shape index (κ2) is 7.08. The summed E-state index contributed by atoms with van der Waals surface area (Å²) < 4.78 is 1.95. The predicted octanol–water partition coefficient (Wildman–Crippen LogP) is 3.81. The van der Waals surface area contributed by atoms with Crippen molar-refractivity contribution in [3.63, 3.8) is 0 Å². The van der Waals surface area contributed by atoms with Crippen molar-refractivity contribution in [3.8, 4) is 0 Å². The molecule has 4 nitrogen and oxygen atoms in total. The molecule has 4 heteroatoms. The number of aryl methyl sites for hydroxylation is 1. The smallest absolute Gasteiger partial charge is 0.146 e. The van der Waals surface area contributed by atoms with Gasteiger partial charge in [0.15, 0.2) is 0 Å². The number of hydrogen-bond donors (Lipinski definition) is 1. The molecule has 0 unspecified atom stereocenters. The van der Waals surface area contributed by atoms with Crippen LogP contribution in [0.25, 0.3) is 0 Å². The monoisotopic (exact) mass is 272 g/mol. The van der Waals surface area contributed by atoms with E-state index in [1.54, 1.807) is 6.33 Å². The Labute approximate surface area is 121 Å². The molecule has 1 N–H and O–H groups in total. The lowest BCUT2D eigenvalue weighted by atomic mass is 10.1. The summed E-state index contributed by atoms with van der Waals surface area (Å²) in [5.41, 5.74) is 2.53. The number of rotatable bonds is 7. The second-order valence-corrected chi connectivity index (χ2v) is 5.37. The van der Waals surface area contributed by atoms with Gasteiger partial charge in [0, 0.05) is 11.7 Å². The Bertz CT molecular complexity index is 514. The highest BCUT2D eigenvalue weighted by atomic mass is 15.3. The van der Waals surface area contributed by atoms with Crippen LogP contribution in [0.15, 0.2) is 30.6 Å². The van der Waals surface area contributed by atoms with Crippen LogP contribution < -0.4 is 5.32 Å². The summed E-state index contributed by atoms with van der Waals surface area (Å²) >= 11 is 0. The molecule has 2 rings (SSSR count). The molecule has 0 amide bonds. The molecule has 0 spiro atoms. The van der Waals surface area contributed by atoms with Crippen LogP contribution in [-0.4, -0.2) is 14.8 Å². The maximum absolute atomic E-state index is 4.30. The highest BCUT2D eigenvalue weighted by molar-refractivity contribution is 5.44. The first-order valence-corrected chi connectivity index (χ1v) is 7.42. The largest absolute Gasteiger partial charge is 0.378 e. The van der Waals surface area contributed by atoms with Gasteiger partial charge in [-0.15, -0.1) is 0 Å². The van der Waals surface area contributed by atoms with E-state index < -0.39 is 0 Å². The quantitative estimate of drug-likeness (QED) is 0.833. The van der Waals surface area contributed by atoms with Gasteiger partial charge in [0.2, 0.25) is 0 Å². The Morgan fingerprint density at radius 3 is 2.60 bits per heavy atom. The predicted molar refractivity (Wildman–Crippen MR) is 82.8 cm³/mol. The molecule has 0 fully saturated rings. The first-order valence-electron chi connectivity index (χ1n) is 7.42. The summed E-state index contributed by atoms with van der Waals surface area (Å²) in [6, 6.07) is 9.02. The van der Waals surface area contributed by atoms with Crippen LogP contribution in [0.4, 0.5) is 5.69 Å². The average molecular weight is 272 g/mol. The van der Waals surface area contributed by atoms with Gasteiger partial charge >= 0.3 is 0 Å². The first kappa shape index (κ1) is 14.6. The van der Waals surface area contributed by atoms with E-state index in [9.17, 15) is 0 Å². The van der Waals surface area contributed by atoms with Crippen molar-refractivity contribution in [2.24, 2.45) is 0 Å². The zero-order valence-electron chi connectivity index (χ0n) is 12.6. The number of unbranched alkanes of at least 4 members (excludes halogenated alkanes) is 1. The van der Waals surface area contributed by atoms with Crippen molar-refractivity contribution < 1.29 is 0 Å². The van der Waals surface area contributed by atoms with E-state index in [1.807, 2.05) is 4.68 Å². The molecule has 0 atom stereocenters. The van der Waals surface area contributed by atoms with Gasteiger partial charge in [-0.05, 0) is 44.4 Å². The third kappa shape index (κ3) is 3.83. The summed E-state index contributed by atoms with van der Waals surface area (Å²) in [6.07, 6.45) is 5.28. The minimum atomic E-state index is 0.339. The van der Waals surface area contributed by atoms with Gasteiger partial charge in [0.1, 0.15) is 12.2 Å². The number of anilines is 1. The standard InChI is InChI=1S/C16H24N4/c1-4-5-6-14-7-9-15(10-8-14)17-11-16-18-12-19-20(16)13(2)3/h7-10,12-13,17H,4-6,11H2,1-3H3. The van der Waals surface area contributed by atoms with Crippen LogP contribution in [0.5, 0.6) is 0 Å². The van der Waals surface area contributed by atoms with Crippen LogP contribution in [-0.2, 0) is 13.0 Å². The van der Waals surface area contributed by atoms with Crippen LogP contribution in [0.3, 0.4) is 0 Å². The van der Waals surface area contributed by atoms with Gasteiger partial charge in [0.05, 0.1) is 6.54 Å². The van der Waals surface area contributed by atoms with E-state index >= 15 is 0 Å². The fourth-order valence-electron chi connectivity index (χ4n) is 2.18. The highest BCUT2D eigenvalue weighted by Gasteiger charge is 2.06. The lowest BCUT2D eigenvalue weighted by Crippen LogP contribution is -2.12. The Hall–Kier alpha value is -1.84. The van der Waals surface area contributed by atoms with Gasteiger partial charge in [0.25, 0.3) is 0 Å². The van der Waals surface area contributed by atoms with Crippen molar-refractivity contribution in [1.29, 1.82) is 0 Å². The third-order valence-electron chi connectivity index (χ3n) is 3.36. The lowest BCUT2D eigenvalue weighted by molar-refractivity contribution is 0.509. The molecule has 0 aliphatic heterocycles. The number of nitrogens with zero attached hydrogens (tertiary/aromatic N) is 3. The van der Waals surface area contributed by atoms with E-state index in [1.165, 1.54) is 24.8 Å². The minimum absolute atomic E-state index is 0.339. The van der Waals surface area contributed by atoms with E-state index in [-0.39, 0.29) is 0 Å². The van der Waals surface area contributed by atoms with E-state index in [2.05, 4.69) is 60.4 Å². The van der Waals surface area contributed by atoms with Crippen LogP contribution in [0, 0.1) is 0 Å². The Morgan fingerprint density at radius 1 is 1.20 bits per heavy atom. The van der Waals surface area contributed by atoms with E-state index in [0.29, 0.717) is 12.6 Å². The summed E-state index contributed by atoms with van der Waals surface area (Å²) in [7, 11) is 0. The maximum atomic E-state index is 4.30. The van der Waals surface area contributed by atoms with Crippen molar-refractivity contribution >= 4 is 5.69 Å². The molecule has 0 saturated carbocycles. The molecule has 0 aliphatic rings. The first-order chi connectivity index (χ1) is 9.70. The summed E-state index contributed by atoms with van der Waals surface area (Å²) in [5.74, 6) is 0.968. The molecule has 2 aromatic rings. The summed E-state index contributed by atoms with van der Waals surface area (Å²) in [4.78, 5) is 4.30. The molecular weight excluding hydrogens is 248 g/mol. The molecule has 1 aromatic carbocycles. The number of benzene rings is 1. The van der Waals surface area contributed by atoms with Crippen molar-refractivity contribution in [2.75, 3.05) is 5.32 Å². The Balaban J connectivity index is 1.92. The van der Waals surface area contributed by atoms with Crippen molar-refractivity contribution in [3.05, 3.63) is 42.0 Å². The zero-order valence-corrected chi connectivity index (χ0v) is 12.6. The molecule has 0 bridgehead atoms. The van der Waals surface area contributed by atoms with Gasteiger partial charge in [-0.3, -0.25) is 0 Å². The zero-order chi connectivity index (χ0) is 14.4. The molecule has 1 aromatic heterocycles. The van der Waals surface area contributed by atoms with Crippen molar-refractivity contribution in [1.82, 2.24) is 14.8 Å². The second-order valence-electron chi connectivity index (χ2n) is 5.37. The van der Waals surface area contributed by atoms with Crippen LogP contribution in [0.1, 0.15) is 51.0 Å². The third-order valence-corrected chi connectivity index (χ3v) is 3.36. The highest BCUT2D eigenvalue weighted by Crippen LogP contribution is 2.13. The molecule has 1 heterocycles. The minimum Gasteiger partial charge on any atom is -0.378 e. The fraction of sp³-hybridized carbons (Fsp3) is 0.500. The SMILES string of the molecule is CCCCc1ccc(NCc2ncnn2C(C)C)cc1. The number of hydrogen-bond acceptors (Lipinski definition) is 3. The summed E-state index contributed by atoms with van der Waals surface area (Å²) in [6.45, 7) is 7.15. The van der Waals surface area contributed by atoms with Gasteiger partial charge in [-0.2, -0.15) is 5.10 Å². The average Bonchev–Trinajstić information content (AvgIpc) is 2.92. The normalized spacial score (nSPS) is 11.0. The fourth-order valence-corrected chi connectivity index (χ4v) is 2.18. The van der Waals surface area contributed by atoms with Crippen LogP contribution >= 0.6 is 0 Å². The van der Waals surface area contributed by atoms with E-state index in [0.717, 1.165) is 11.5 Å². The van der Waals surface area contributed by atoms with Crippen LogP contribution in [0.2, 0.25) is 0 Å². The molecule has 108 valence electrons. The molecule has 0 saturated heterocycles. The van der Waals surface area contributed by atoms with Gasteiger partial charge in [-0.25, -0.2) is 9.67 Å². The number of nitrogens with one attached hydrogen (secondary N) is 1. The summed E-state index contributed by atoms with van der Waals surface area (Å²) in [5, 5.41) is 7.64. The Morgan fingerprint density at radius 2 is 1.95 bits per heavy atom. The molecule has 0 aliphatic carbocycles. The molecule has 0 radical (unpaired) electrons. The topological polar surface area (TPSA) is 42.7 Å².